The zero-order chi connectivity index (χ0) is 24.9. The molecule has 0 bridgehead atoms. The van der Waals surface area contributed by atoms with E-state index in [-0.39, 0.29) is 18.7 Å². The molecule has 0 aromatic carbocycles. The van der Waals surface area contributed by atoms with Gasteiger partial charge in [0.1, 0.15) is 18.1 Å². The maximum absolute atomic E-state index is 13.6. The van der Waals surface area contributed by atoms with Gasteiger partial charge in [0.05, 0.1) is 18.7 Å². The number of nitrogens with one attached hydrogen (secondary N) is 3. The number of carboxylic acid groups (broad SMARTS) is 1. The summed E-state index contributed by atoms with van der Waals surface area (Å²) in [6, 6.07) is -3.52. The van der Waals surface area contributed by atoms with Crippen molar-refractivity contribution in [1.29, 1.82) is 0 Å². The number of amides is 3. The van der Waals surface area contributed by atoms with Crippen LogP contribution in [-0.2, 0) is 32.0 Å². The fourth-order valence-corrected chi connectivity index (χ4v) is 4.79. The summed E-state index contributed by atoms with van der Waals surface area (Å²) in [5.41, 5.74) is 7.39. The fourth-order valence-electron chi connectivity index (χ4n) is 4.79. The summed E-state index contributed by atoms with van der Waals surface area (Å²) in [4.78, 5) is 67.9. The summed E-state index contributed by atoms with van der Waals surface area (Å²) in [5.74, 6) is -2.32. The fraction of sp³-hybridized carbons (Fsp3) is 0.545. The monoisotopic (exact) mass is 486 g/mol. The first-order valence-corrected chi connectivity index (χ1v) is 11.7. The molecule has 4 atom stereocenters. The van der Waals surface area contributed by atoms with Crippen LogP contribution in [0.15, 0.2) is 25.0 Å². The number of aromatic nitrogens is 4. The Bertz CT molecular complexity index is 1040. The van der Waals surface area contributed by atoms with Crippen LogP contribution in [0.2, 0.25) is 0 Å². The molecule has 6 N–H and O–H groups in total. The summed E-state index contributed by atoms with van der Waals surface area (Å²) in [5, 5.41) is 12.2. The average Bonchev–Trinajstić information content (AvgIpc) is 3.64. The Labute approximate surface area is 201 Å². The molecule has 3 amide bonds. The highest BCUT2D eigenvalue weighted by atomic mass is 16.4. The van der Waals surface area contributed by atoms with Crippen LogP contribution in [0.5, 0.6) is 0 Å². The Balaban J connectivity index is 1.49. The van der Waals surface area contributed by atoms with Gasteiger partial charge in [0.15, 0.2) is 0 Å². The summed E-state index contributed by atoms with van der Waals surface area (Å²) in [7, 11) is 0. The lowest BCUT2D eigenvalue weighted by Crippen LogP contribution is -2.57. The molecular formula is C22H30N8O5. The standard InChI is InChI=1S/C22H30N8O5/c23-15(7-13-9-24-11-26-13)19(31)28-16(8-14-10-25-12-27-14)20(32)29-5-1-3-17(29)21(33)30-6-2-4-18(30)22(34)35/h9-12,15-18H,1-8,23H2,(H,24,26)(H,25,27)(H,28,31)(H,34,35). The van der Waals surface area contributed by atoms with E-state index in [4.69, 9.17) is 5.73 Å². The first-order chi connectivity index (χ1) is 16.8. The molecule has 0 radical (unpaired) electrons. The smallest absolute Gasteiger partial charge is 0.326 e. The van der Waals surface area contributed by atoms with Gasteiger partial charge in [-0.25, -0.2) is 14.8 Å². The van der Waals surface area contributed by atoms with Crippen LogP contribution in [0.1, 0.15) is 37.1 Å². The number of aromatic amines is 2. The van der Waals surface area contributed by atoms with Crippen LogP contribution < -0.4 is 11.1 Å². The third-order valence-corrected chi connectivity index (χ3v) is 6.57. The van der Waals surface area contributed by atoms with E-state index in [0.717, 1.165) is 0 Å². The van der Waals surface area contributed by atoms with E-state index in [9.17, 15) is 24.3 Å². The Morgan fingerprint density at radius 2 is 1.60 bits per heavy atom. The van der Waals surface area contributed by atoms with E-state index in [1.54, 1.807) is 12.4 Å². The molecular weight excluding hydrogens is 456 g/mol. The maximum atomic E-state index is 13.6. The van der Waals surface area contributed by atoms with Crippen molar-refractivity contribution in [3.05, 3.63) is 36.4 Å². The summed E-state index contributed by atoms with van der Waals surface area (Å²) < 4.78 is 0. The zero-order valence-electron chi connectivity index (χ0n) is 19.2. The number of likely N-dealkylation sites (tertiary alicyclic amines) is 2. The lowest BCUT2D eigenvalue weighted by molar-refractivity contribution is -0.152. The van der Waals surface area contributed by atoms with Gasteiger partial charge >= 0.3 is 5.97 Å². The minimum atomic E-state index is -1.04. The molecule has 35 heavy (non-hydrogen) atoms. The molecule has 2 aliphatic heterocycles. The second kappa shape index (κ2) is 10.7. The van der Waals surface area contributed by atoms with Crippen LogP contribution in [-0.4, -0.2) is 95.8 Å². The lowest BCUT2D eigenvalue weighted by Gasteiger charge is -2.32. The van der Waals surface area contributed by atoms with Crippen LogP contribution >= 0.6 is 0 Å². The number of nitrogens with two attached hydrogens (primary N) is 1. The van der Waals surface area contributed by atoms with Gasteiger partial charge in [0.25, 0.3) is 0 Å². The van der Waals surface area contributed by atoms with E-state index in [1.807, 2.05) is 0 Å². The molecule has 0 aliphatic carbocycles. The number of nitrogens with zero attached hydrogens (tertiary/aromatic N) is 4. The number of H-pyrrole nitrogens is 2. The molecule has 0 saturated carbocycles. The molecule has 188 valence electrons. The van der Waals surface area contributed by atoms with Crippen LogP contribution in [0.3, 0.4) is 0 Å². The van der Waals surface area contributed by atoms with Gasteiger partial charge < -0.3 is 35.9 Å². The Kier molecular flexibility index (Phi) is 7.44. The number of aliphatic carboxylic acids is 1. The molecule has 0 spiro atoms. The highest BCUT2D eigenvalue weighted by Crippen LogP contribution is 2.26. The molecule has 4 rings (SSSR count). The second-order valence-corrected chi connectivity index (χ2v) is 8.95. The van der Waals surface area contributed by atoms with Gasteiger partial charge in [-0.15, -0.1) is 0 Å². The SMILES string of the molecule is NC(Cc1cnc[nH]1)C(=O)NC(Cc1cnc[nH]1)C(=O)N1CCCC1C(=O)N1CCCC1C(=O)O. The van der Waals surface area contributed by atoms with Crippen molar-refractivity contribution >= 4 is 23.7 Å². The molecule has 2 saturated heterocycles. The van der Waals surface area contributed by atoms with Crippen molar-refractivity contribution < 1.29 is 24.3 Å². The summed E-state index contributed by atoms with van der Waals surface area (Å²) >= 11 is 0. The number of rotatable bonds is 9. The molecule has 2 aliphatic rings. The lowest BCUT2D eigenvalue weighted by atomic mass is 10.1. The molecule has 4 heterocycles. The number of imidazole rings is 2. The predicted molar refractivity (Wildman–Crippen MR) is 122 cm³/mol. The number of carbonyl (C=O) groups excluding carboxylic acids is 3. The maximum Gasteiger partial charge on any atom is 0.326 e. The number of carboxylic acids is 1. The normalized spacial score (nSPS) is 21.6. The van der Waals surface area contributed by atoms with E-state index >= 15 is 0 Å². The number of hydrogen-bond acceptors (Lipinski definition) is 7. The topological polar surface area (TPSA) is 190 Å². The van der Waals surface area contributed by atoms with E-state index in [2.05, 4.69) is 25.3 Å². The Morgan fingerprint density at radius 3 is 2.20 bits per heavy atom. The quantitative estimate of drug-likeness (QED) is 0.292. The van der Waals surface area contributed by atoms with E-state index < -0.39 is 42.0 Å². The first kappa shape index (κ1) is 24.4. The molecule has 4 unspecified atom stereocenters. The van der Waals surface area contributed by atoms with Crippen LogP contribution in [0.25, 0.3) is 0 Å². The largest absolute Gasteiger partial charge is 0.480 e. The van der Waals surface area contributed by atoms with Gasteiger partial charge in [-0.05, 0) is 25.7 Å². The third-order valence-electron chi connectivity index (χ3n) is 6.57. The van der Waals surface area contributed by atoms with Crippen molar-refractivity contribution in [3.8, 4) is 0 Å². The number of carbonyl (C=O) groups is 4. The van der Waals surface area contributed by atoms with Crippen molar-refractivity contribution in [3.63, 3.8) is 0 Å². The van der Waals surface area contributed by atoms with Crippen LogP contribution in [0.4, 0.5) is 0 Å². The van der Waals surface area contributed by atoms with Gasteiger partial charge in [0, 0.05) is 49.7 Å². The van der Waals surface area contributed by atoms with E-state index in [0.29, 0.717) is 50.2 Å². The average molecular weight is 487 g/mol. The summed E-state index contributed by atoms with van der Waals surface area (Å²) in [6.45, 7) is 0.696. The van der Waals surface area contributed by atoms with Crippen LogP contribution in [0, 0.1) is 0 Å². The highest BCUT2D eigenvalue weighted by molar-refractivity contribution is 5.94. The minimum absolute atomic E-state index is 0.139. The van der Waals surface area contributed by atoms with Gasteiger partial charge in [0.2, 0.25) is 17.7 Å². The molecule has 13 heteroatoms. The summed E-state index contributed by atoms with van der Waals surface area (Å²) in [6.07, 6.45) is 8.51. The van der Waals surface area contributed by atoms with Gasteiger partial charge in [-0.2, -0.15) is 0 Å². The molecule has 2 aromatic heterocycles. The van der Waals surface area contributed by atoms with Gasteiger partial charge in [-0.3, -0.25) is 14.4 Å². The third kappa shape index (κ3) is 5.50. The molecule has 2 aromatic rings. The predicted octanol–water partition coefficient (Wildman–Crippen LogP) is -1.20. The second-order valence-electron chi connectivity index (χ2n) is 8.95. The highest BCUT2D eigenvalue weighted by Gasteiger charge is 2.43. The van der Waals surface area contributed by atoms with Crippen molar-refractivity contribution in [2.75, 3.05) is 13.1 Å². The van der Waals surface area contributed by atoms with Crippen molar-refractivity contribution in [2.24, 2.45) is 5.73 Å². The Morgan fingerprint density at radius 1 is 1.00 bits per heavy atom. The zero-order valence-corrected chi connectivity index (χ0v) is 19.2. The van der Waals surface area contributed by atoms with E-state index in [1.165, 1.54) is 22.5 Å². The first-order valence-electron chi connectivity index (χ1n) is 11.7. The molecule has 2 fully saturated rings. The van der Waals surface area contributed by atoms with Crippen molar-refractivity contribution in [1.82, 2.24) is 35.1 Å². The Hall–Kier alpha value is -3.74. The minimum Gasteiger partial charge on any atom is -0.480 e. The van der Waals surface area contributed by atoms with Gasteiger partial charge in [-0.1, -0.05) is 0 Å². The number of hydrogen-bond donors (Lipinski definition) is 5. The van der Waals surface area contributed by atoms with Crippen molar-refractivity contribution in [2.45, 2.75) is 62.7 Å². The molecule has 13 nitrogen and oxygen atoms in total.